The molecule has 0 aromatic heterocycles. The average Bonchev–Trinajstić information content (AvgIpc) is 2.50. The van der Waals surface area contributed by atoms with Crippen LogP contribution in [0.25, 0.3) is 0 Å². The van der Waals surface area contributed by atoms with Gasteiger partial charge in [0, 0.05) is 4.47 Å². The minimum absolute atomic E-state index is 0.137. The zero-order chi connectivity index (χ0) is 16.1. The molecule has 0 unspecified atom stereocenters. The Bertz CT molecular complexity index is 735. The third kappa shape index (κ3) is 3.78. The quantitative estimate of drug-likeness (QED) is 0.626. The van der Waals surface area contributed by atoms with Crippen molar-refractivity contribution in [2.45, 2.75) is 0 Å². The summed E-state index contributed by atoms with van der Waals surface area (Å²) in [6, 6.07) is 10.1. The first-order chi connectivity index (χ1) is 10.5. The summed E-state index contributed by atoms with van der Waals surface area (Å²) in [4.78, 5) is 12.0. The van der Waals surface area contributed by atoms with E-state index in [2.05, 4.69) is 26.5 Å². The number of methoxy groups -OCH3 is 1. The van der Waals surface area contributed by atoms with Gasteiger partial charge in [0.2, 0.25) is 0 Å². The van der Waals surface area contributed by atoms with E-state index in [9.17, 15) is 9.90 Å². The van der Waals surface area contributed by atoms with Crippen molar-refractivity contribution in [1.82, 2.24) is 5.43 Å². The van der Waals surface area contributed by atoms with Crippen molar-refractivity contribution < 1.29 is 14.6 Å². The van der Waals surface area contributed by atoms with E-state index in [4.69, 9.17) is 16.3 Å². The molecule has 2 N–H and O–H groups in total. The second-order valence-corrected chi connectivity index (χ2v) is 5.49. The molecule has 0 aliphatic rings. The number of benzene rings is 2. The van der Waals surface area contributed by atoms with Crippen LogP contribution in [0.2, 0.25) is 5.02 Å². The highest BCUT2D eigenvalue weighted by Gasteiger charge is 2.09. The highest BCUT2D eigenvalue weighted by Crippen LogP contribution is 2.34. The summed E-state index contributed by atoms with van der Waals surface area (Å²) in [6.45, 7) is 0. The number of amides is 1. The Balaban J connectivity index is 2.12. The number of ether oxygens (including phenoxy) is 1. The Morgan fingerprint density at radius 3 is 2.82 bits per heavy atom. The van der Waals surface area contributed by atoms with Gasteiger partial charge in [-0.05, 0) is 45.8 Å². The van der Waals surface area contributed by atoms with Gasteiger partial charge in [0.1, 0.15) is 0 Å². The first-order valence-electron chi connectivity index (χ1n) is 6.17. The fourth-order valence-corrected chi connectivity index (χ4v) is 2.38. The highest BCUT2D eigenvalue weighted by molar-refractivity contribution is 9.10. The van der Waals surface area contributed by atoms with Crippen LogP contribution in [-0.2, 0) is 0 Å². The fourth-order valence-electron chi connectivity index (χ4n) is 1.69. The lowest BCUT2D eigenvalue weighted by Crippen LogP contribution is -2.18. The number of rotatable bonds is 4. The van der Waals surface area contributed by atoms with Gasteiger partial charge >= 0.3 is 0 Å². The van der Waals surface area contributed by atoms with Crippen molar-refractivity contribution in [3.05, 3.63) is 57.0 Å². The number of aromatic hydroxyl groups is 1. The van der Waals surface area contributed by atoms with E-state index in [1.165, 1.54) is 19.4 Å². The molecular formula is C15H12BrClN2O3. The summed E-state index contributed by atoms with van der Waals surface area (Å²) < 4.78 is 5.67. The maximum absolute atomic E-state index is 12.0. The third-order valence-electron chi connectivity index (χ3n) is 2.77. The third-order valence-corrected chi connectivity index (χ3v) is 3.75. The second kappa shape index (κ2) is 7.29. The van der Waals surface area contributed by atoms with Crippen LogP contribution in [0.4, 0.5) is 0 Å². The maximum Gasteiger partial charge on any atom is 0.272 e. The van der Waals surface area contributed by atoms with Gasteiger partial charge in [0.25, 0.3) is 5.91 Å². The maximum atomic E-state index is 12.0. The molecule has 0 aliphatic carbocycles. The van der Waals surface area contributed by atoms with Crippen molar-refractivity contribution in [3.8, 4) is 11.5 Å². The van der Waals surface area contributed by atoms with E-state index in [1.54, 1.807) is 24.3 Å². The number of hydrogen-bond donors (Lipinski definition) is 2. The number of carbonyl (C=O) groups is 1. The van der Waals surface area contributed by atoms with E-state index >= 15 is 0 Å². The fraction of sp³-hybridized carbons (Fsp3) is 0.0667. The number of phenols is 1. The number of halogens is 2. The van der Waals surface area contributed by atoms with Crippen LogP contribution in [0, 0.1) is 0 Å². The van der Waals surface area contributed by atoms with Crippen LogP contribution < -0.4 is 10.2 Å². The van der Waals surface area contributed by atoms with Crippen LogP contribution in [0.3, 0.4) is 0 Å². The molecule has 2 aromatic carbocycles. The van der Waals surface area contributed by atoms with Gasteiger partial charge in [-0.25, -0.2) is 5.43 Å². The zero-order valence-corrected chi connectivity index (χ0v) is 13.9. The lowest BCUT2D eigenvalue weighted by Gasteiger charge is -2.06. The molecule has 22 heavy (non-hydrogen) atoms. The summed E-state index contributed by atoms with van der Waals surface area (Å²) in [5.41, 5.74) is 3.46. The molecule has 0 saturated carbocycles. The Labute approximate surface area is 140 Å². The summed E-state index contributed by atoms with van der Waals surface area (Å²) >= 11 is 9.17. The summed E-state index contributed by atoms with van der Waals surface area (Å²) in [5.74, 6) is -0.259. The van der Waals surface area contributed by atoms with E-state index in [1.807, 2.05) is 6.07 Å². The summed E-state index contributed by atoms with van der Waals surface area (Å²) in [6.07, 6.45) is 1.41. The normalized spacial score (nSPS) is 10.7. The largest absolute Gasteiger partial charge is 0.503 e. The first-order valence-corrected chi connectivity index (χ1v) is 7.34. The van der Waals surface area contributed by atoms with E-state index in [0.29, 0.717) is 15.6 Å². The molecule has 2 aromatic rings. The molecule has 114 valence electrons. The SMILES string of the molecule is COc1cc(/C=N\NC(=O)c2ccccc2Br)cc(Cl)c1O. The molecule has 0 atom stereocenters. The summed E-state index contributed by atoms with van der Waals surface area (Å²) in [7, 11) is 1.42. The first kappa shape index (κ1) is 16.3. The lowest BCUT2D eigenvalue weighted by atomic mass is 10.2. The molecule has 0 spiro atoms. The van der Waals surface area contributed by atoms with E-state index in [0.717, 1.165) is 0 Å². The molecule has 0 bridgehead atoms. The Kier molecular flexibility index (Phi) is 5.41. The number of phenolic OH excluding ortho intramolecular Hbond substituents is 1. The number of carbonyl (C=O) groups excluding carboxylic acids is 1. The Morgan fingerprint density at radius 2 is 2.14 bits per heavy atom. The number of hydrazone groups is 1. The van der Waals surface area contributed by atoms with Gasteiger partial charge in [-0.15, -0.1) is 0 Å². The monoisotopic (exact) mass is 382 g/mol. The molecule has 2 rings (SSSR count). The number of nitrogens with zero attached hydrogens (tertiary/aromatic N) is 1. The van der Waals surface area contributed by atoms with Crippen molar-refractivity contribution in [2.75, 3.05) is 7.11 Å². The minimum Gasteiger partial charge on any atom is -0.503 e. The molecule has 0 radical (unpaired) electrons. The van der Waals surface area contributed by atoms with E-state index in [-0.39, 0.29) is 22.4 Å². The van der Waals surface area contributed by atoms with E-state index < -0.39 is 0 Å². The van der Waals surface area contributed by atoms with Crippen LogP contribution in [0.15, 0.2) is 46.0 Å². The number of nitrogens with one attached hydrogen (secondary N) is 1. The summed E-state index contributed by atoms with van der Waals surface area (Å²) in [5, 5.41) is 13.6. The van der Waals surface area contributed by atoms with Gasteiger partial charge in [-0.3, -0.25) is 4.79 Å². The van der Waals surface area contributed by atoms with Crippen molar-refractivity contribution in [2.24, 2.45) is 5.10 Å². The van der Waals surface area contributed by atoms with Gasteiger partial charge in [-0.1, -0.05) is 23.7 Å². The van der Waals surface area contributed by atoms with Gasteiger partial charge in [0.15, 0.2) is 11.5 Å². The predicted molar refractivity (Wildman–Crippen MR) is 88.9 cm³/mol. The van der Waals surface area contributed by atoms with Gasteiger partial charge < -0.3 is 9.84 Å². The molecule has 0 fully saturated rings. The van der Waals surface area contributed by atoms with Crippen molar-refractivity contribution in [3.63, 3.8) is 0 Å². The lowest BCUT2D eigenvalue weighted by molar-refractivity contribution is 0.0954. The Hall–Kier alpha value is -2.05. The molecular weight excluding hydrogens is 372 g/mol. The second-order valence-electron chi connectivity index (χ2n) is 4.23. The molecule has 1 amide bonds. The Morgan fingerprint density at radius 1 is 1.41 bits per heavy atom. The molecule has 7 heteroatoms. The minimum atomic E-state index is -0.347. The standard InChI is InChI=1S/C15H12BrClN2O3/c1-22-13-7-9(6-12(17)14(13)20)8-18-19-15(21)10-4-2-3-5-11(10)16/h2-8,20H,1H3,(H,19,21)/b18-8-. The molecule has 0 saturated heterocycles. The topological polar surface area (TPSA) is 70.9 Å². The van der Waals surface area contributed by atoms with Crippen LogP contribution in [-0.4, -0.2) is 24.3 Å². The van der Waals surface area contributed by atoms with Gasteiger partial charge in [-0.2, -0.15) is 5.10 Å². The zero-order valence-electron chi connectivity index (χ0n) is 11.5. The van der Waals surface area contributed by atoms with Crippen LogP contribution in [0.1, 0.15) is 15.9 Å². The molecule has 0 heterocycles. The number of hydrogen-bond acceptors (Lipinski definition) is 4. The van der Waals surface area contributed by atoms with Crippen molar-refractivity contribution >= 4 is 39.7 Å². The highest BCUT2D eigenvalue weighted by atomic mass is 79.9. The van der Waals surface area contributed by atoms with Crippen molar-refractivity contribution in [1.29, 1.82) is 0 Å². The van der Waals surface area contributed by atoms with Crippen LogP contribution >= 0.6 is 27.5 Å². The van der Waals surface area contributed by atoms with Gasteiger partial charge in [0.05, 0.1) is 23.9 Å². The molecule has 5 nitrogen and oxygen atoms in total. The smallest absolute Gasteiger partial charge is 0.272 e. The predicted octanol–water partition coefficient (Wildman–Crippen LogP) is 3.58. The average molecular weight is 384 g/mol. The van der Waals surface area contributed by atoms with Crippen LogP contribution in [0.5, 0.6) is 11.5 Å². The molecule has 0 aliphatic heterocycles.